The SMILES string of the molecule is CCOC(=O)C1(C(=O)OCC)CN2Cc3cc(C)ccc3N1Cc1cc(C)ccc12. The molecule has 4 rings (SSSR count). The number of anilines is 2. The molecule has 2 aliphatic rings. The first-order valence-corrected chi connectivity index (χ1v) is 10.5. The molecule has 30 heavy (non-hydrogen) atoms. The van der Waals surface area contributed by atoms with E-state index in [2.05, 4.69) is 29.2 Å². The molecule has 0 fully saturated rings. The second-order valence-electron chi connectivity index (χ2n) is 8.01. The second kappa shape index (κ2) is 7.67. The van der Waals surface area contributed by atoms with Gasteiger partial charge in [-0.1, -0.05) is 35.4 Å². The minimum absolute atomic E-state index is 0.175. The van der Waals surface area contributed by atoms with Gasteiger partial charge in [0, 0.05) is 24.5 Å². The molecule has 0 aromatic heterocycles. The Labute approximate surface area is 177 Å². The lowest BCUT2D eigenvalue weighted by Crippen LogP contribution is -2.65. The van der Waals surface area contributed by atoms with Crippen molar-refractivity contribution >= 4 is 23.3 Å². The Balaban J connectivity index is 1.99. The van der Waals surface area contributed by atoms with E-state index in [4.69, 9.17) is 9.47 Å². The number of esters is 2. The van der Waals surface area contributed by atoms with E-state index in [1.165, 1.54) is 0 Å². The van der Waals surface area contributed by atoms with Crippen LogP contribution in [0.2, 0.25) is 0 Å². The first-order valence-electron chi connectivity index (χ1n) is 10.5. The highest BCUT2D eigenvalue weighted by molar-refractivity contribution is 6.10. The fourth-order valence-corrected chi connectivity index (χ4v) is 4.58. The zero-order valence-corrected chi connectivity index (χ0v) is 18.0. The molecule has 0 atom stereocenters. The van der Waals surface area contributed by atoms with Gasteiger partial charge in [0.1, 0.15) is 0 Å². The van der Waals surface area contributed by atoms with Crippen LogP contribution in [-0.2, 0) is 32.2 Å². The van der Waals surface area contributed by atoms with Crippen molar-refractivity contribution in [2.45, 2.75) is 46.3 Å². The summed E-state index contributed by atoms with van der Waals surface area (Å²) in [5, 5.41) is 0. The molecule has 2 bridgehead atoms. The van der Waals surface area contributed by atoms with Crippen LogP contribution in [0, 0.1) is 13.8 Å². The molecule has 158 valence electrons. The molecule has 2 aliphatic heterocycles. The lowest BCUT2D eigenvalue weighted by atomic mass is 9.95. The van der Waals surface area contributed by atoms with E-state index in [1.54, 1.807) is 13.8 Å². The lowest BCUT2D eigenvalue weighted by molar-refractivity contribution is -0.163. The van der Waals surface area contributed by atoms with Gasteiger partial charge in [0.25, 0.3) is 5.54 Å². The number of hydrogen-bond acceptors (Lipinski definition) is 6. The van der Waals surface area contributed by atoms with Gasteiger partial charge in [-0.3, -0.25) is 0 Å². The van der Waals surface area contributed by atoms with Crippen LogP contribution in [0.5, 0.6) is 0 Å². The molecule has 0 N–H and O–H groups in total. The van der Waals surface area contributed by atoms with Crippen LogP contribution in [0.3, 0.4) is 0 Å². The molecular weight excluding hydrogens is 380 g/mol. The molecule has 0 amide bonds. The van der Waals surface area contributed by atoms with E-state index in [0.29, 0.717) is 13.1 Å². The minimum Gasteiger partial charge on any atom is -0.464 e. The van der Waals surface area contributed by atoms with Crippen LogP contribution in [0.1, 0.15) is 36.1 Å². The Morgan fingerprint density at radius 3 is 1.97 bits per heavy atom. The summed E-state index contributed by atoms with van der Waals surface area (Å²) < 4.78 is 10.9. The third kappa shape index (κ3) is 3.11. The maximum absolute atomic E-state index is 13.4. The number of carbonyl (C=O) groups excluding carboxylic acids is 2. The average Bonchev–Trinajstić information content (AvgIpc) is 2.92. The number of benzene rings is 2. The highest BCUT2D eigenvalue weighted by Gasteiger charge is 2.58. The van der Waals surface area contributed by atoms with Crippen molar-refractivity contribution in [3.63, 3.8) is 0 Å². The molecule has 2 aromatic rings. The molecule has 6 nitrogen and oxygen atoms in total. The zero-order chi connectivity index (χ0) is 21.5. The molecule has 0 radical (unpaired) electrons. The van der Waals surface area contributed by atoms with E-state index >= 15 is 0 Å². The third-order valence-corrected chi connectivity index (χ3v) is 5.90. The maximum Gasteiger partial charge on any atom is 0.345 e. The fraction of sp³-hybridized carbons (Fsp3) is 0.417. The van der Waals surface area contributed by atoms with Gasteiger partial charge in [-0.05, 0) is 51.0 Å². The van der Waals surface area contributed by atoms with Crippen molar-refractivity contribution in [3.05, 3.63) is 58.7 Å². The van der Waals surface area contributed by atoms with Crippen LogP contribution in [0.15, 0.2) is 36.4 Å². The topological polar surface area (TPSA) is 59.1 Å². The van der Waals surface area contributed by atoms with Gasteiger partial charge in [-0.2, -0.15) is 0 Å². The van der Waals surface area contributed by atoms with Gasteiger partial charge in [0.05, 0.1) is 19.8 Å². The Hall–Kier alpha value is -3.02. The number of rotatable bonds is 4. The van der Waals surface area contributed by atoms with Gasteiger partial charge < -0.3 is 19.3 Å². The Morgan fingerprint density at radius 2 is 1.40 bits per heavy atom. The average molecular weight is 408 g/mol. The van der Waals surface area contributed by atoms with E-state index in [9.17, 15) is 9.59 Å². The van der Waals surface area contributed by atoms with E-state index < -0.39 is 17.5 Å². The molecule has 2 aromatic carbocycles. The van der Waals surface area contributed by atoms with Gasteiger partial charge in [-0.15, -0.1) is 0 Å². The number of ether oxygens (including phenoxy) is 2. The third-order valence-electron chi connectivity index (χ3n) is 5.90. The van der Waals surface area contributed by atoms with Crippen molar-refractivity contribution < 1.29 is 19.1 Å². The van der Waals surface area contributed by atoms with Gasteiger partial charge >= 0.3 is 11.9 Å². The van der Waals surface area contributed by atoms with Gasteiger partial charge in [0.2, 0.25) is 0 Å². The predicted molar refractivity (Wildman–Crippen MR) is 116 cm³/mol. The van der Waals surface area contributed by atoms with Gasteiger partial charge in [-0.25, -0.2) is 9.59 Å². The summed E-state index contributed by atoms with van der Waals surface area (Å²) in [5.41, 5.74) is 4.77. The molecule has 0 saturated heterocycles. The summed E-state index contributed by atoms with van der Waals surface area (Å²) in [4.78, 5) is 30.9. The molecule has 0 aliphatic carbocycles. The van der Waals surface area contributed by atoms with E-state index in [-0.39, 0.29) is 19.8 Å². The van der Waals surface area contributed by atoms with Crippen molar-refractivity contribution in [3.8, 4) is 0 Å². The van der Waals surface area contributed by atoms with Crippen molar-refractivity contribution in [1.82, 2.24) is 0 Å². The van der Waals surface area contributed by atoms with E-state index in [0.717, 1.165) is 33.6 Å². The molecule has 0 saturated carbocycles. The Morgan fingerprint density at radius 1 is 0.867 bits per heavy atom. The quantitative estimate of drug-likeness (QED) is 0.570. The van der Waals surface area contributed by atoms with Gasteiger partial charge in [0.15, 0.2) is 0 Å². The summed E-state index contributed by atoms with van der Waals surface area (Å²) in [6, 6.07) is 12.4. The van der Waals surface area contributed by atoms with Crippen LogP contribution < -0.4 is 9.80 Å². The van der Waals surface area contributed by atoms with E-state index in [1.807, 2.05) is 30.9 Å². The zero-order valence-electron chi connectivity index (χ0n) is 18.0. The summed E-state index contributed by atoms with van der Waals surface area (Å²) in [6.07, 6.45) is 0. The summed E-state index contributed by atoms with van der Waals surface area (Å²) >= 11 is 0. The number of carbonyl (C=O) groups is 2. The van der Waals surface area contributed by atoms with Crippen molar-refractivity contribution in [1.29, 1.82) is 0 Å². The lowest BCUT2D eigenvalue weighted by Gasteiger charge is -2.39. The van der Waals surface area contributed by atoms with Crippen LogP contribution in [0.25, 0.3) is 0 Å². The summed E-state index contributed by atoms with van der Waals surface area (Å²) in [7, 11) is 0. The molecule has 2 heterocycles. The summed E-state index contributed by atoms with van der Waals surface area (Å²) in [5.74, 6) is -1.13. The molecule has 6 heteroatoms. The standard InChI is InChI=1S/C24H28N2O4/c1-5-29-22(27)24(23(28)30-6-2)15-25-13-18-11-17(4)8-10-21(18)26(24)14-19-12-16(3)7-9-20(19)25/h7-12H,5-6,13-15H2,1-4H3. The first-order chi connectivity index (χ1) is 14.4. The highest BCUT2D eigenvalue weighted by Crippen LogP contribution is 2.43. The highest BCUT2D eigenvalue weighted by atomic mass is 16.6. The van der Waals surface area contributed by atoms with Crippen molar-refractivity contribution in [2.24, 2.45) is 0 Å². The maximum atomic E-state index is 13.4. The smallest absolute Gasteiger partial charge is 0.345 e. The fourth-order valence-electron chi connectivity index (χ4n) is 4.58. The number of hydrogen-bond donors (Lipinski definition) is 0. The molecule has 0 unspecified atom stereocenters. The second-order valence-corrected chi connectivity index (χ2v) is 8.01. The number of nitrogens with zero attached hydrogens (tertiary/aromatic N) is 2. The number of fused-ring (bicyclic) bond motifs is 7. The number of aryl methyl sites for hydroxylation is 2. The van der Waals surface area contributed by atoms with Crippen LogP contribution in [0.4, 0.5) is 11.4 Å². The van der Waals surface area contributed by atoms with Crippen LogP contribution in [-0.4, -0.2) is 37.2 Å². The van der Waals surface area contributed by atoms with Crippen molar-refractivity contribution in [2.75, 3.05) is 29.6 Å². The minimum atomic E-state index is -1.57. The molecule has 0 spiro atoms. The predicted octanol–water partition coefficient (Wildman–Crippen LogP) is 3.51. The summed E-state index contributed by atoms with van der Waals surface area (Å²) in [6.45, 7) is 9.19. The Bertz CT molecular complexity index is 983. The molecular formula is C24H28N2O4. The first kappa shape index (κ1) is 20.3. The normalized spacial score (nSPS) is 16.3. The monoisotopic (exact) mass is 408 g/mol. The largest absolute Gasteiger partial charge is 0.464 e. The Kier molecular flexibility index (Phi) is 5.18. The van der Waals surface area contributed by atoms with Crippen LogP contribution >= 0.6 is 0 Å².